The first kappa shape index (κ1) is 30.3. The van der Waals surface area contributed by atoms with E-state index in [1.54, 1.807) is 0 Å². The van der Waals surface area contributed by atoms with Crippen LogP contribution in [0.25, 0.3) is 11.1 Å². The molecule has 8 heteroatoms. The Hall–Kier alpha value is -3.72. The van der Waals surface area contributed by atoms with Crippen molar-refractivity contribution in [3.8, 4) is 11.1 Å². The predicted octanol–water partition coefficient (Wildman–Crippen LogP) is 5.32. The number of ether oxygens (including phenoxy) is 1. The lowest BCUT2D eigenvalue weighted by Crippen LogP contribution is -2.59. The van der Waals surface area contributed by atoms with Gasteiger partial charge in [0.05, 0.1) is 5.69 Å². The molecular formula is C36H45N5O3. The molecule has 0 bridgehead atoms. The van der Waals surface area contributed by atoms with Gasteiger partial charge < -0.3 is 19.9 Å². The van der Waals surface area contributed by atoms with Crippen LogP contribution in [0.2, 0.25) is 0 Å². The van der Waals surface area contributed by atoms with Gasteiger partial charge in [0.1, 0.15) is 6.10 Å². The summed E-state index contributed by atoms with van der Waals surface area (Å²) in [5, 5.41) is 6.41. The van der Waals surface area contributed by atoms with Gasteiger partial charge in [-0.15, -0.1) is 0 Å². The molecule has 1 spiro atoms. The summed E-state index contributed by atoms with van der Waals surface area (Å²) in [6, 6.07) is 25.9. The van der Waals surface area contributed by atoms with Crippen LogP contribution in [0.3, 0.4) is 0 Å². The average molecular weight is 596 g/mol. The summed E-state index contributed by atoms with van der Waals surface area (Å²) in [4.78, 5) is 32.5. The third-order valence-corrected chi connectivity index (χ3v) is 9.54. The number of anilines is 1. The third-order valence-electron chi connectivity index (χ3n) is 9.54. The predicted molar refractivity (Wildman–Crippen MR) is 175 cm³/mol. The Bertz CT molecular complexity index is 1390. The first-order valence-corrected chi connectivity index (χ1v) is 16.1. The fraction of sp³-hybridized carbons (Fsp3) is 0.444. The molecule has 0 unspecified atom stereocenters. The number of hydrogen-bond acceptors (Lipinski definition) is 6. The van der Waals surface area contributed by atoms with Crippen molar-refractivity contribution in [2.45, 2.75) is 38.3 Å². The van der Waals surface area contributed by atoms with Crippen LogP contribution in [0, 0.1) is 5.41 Å². The number of para-hydroxylation sites is 1. The van der Waals surface area contributed by atoms with Gasteiger partial charge in [-0.2, -0.15) is 0 Å². The highest BCUT2D eigenvalue weighted by Gasteiger charge is 2.42. The topological polar surface area (TPSA) is 77.2 Å². The monoisotopic (exact) mass is 595 g/mol. The highest BCUT2D eigenvalue weighted by atomic mass is 16.6. The van der Waals surface area contributed by atoms with Crippen molar-refractivity contribution in [1.82, 2.24) is 20.0 Å². The van der Waals surface area contributed by atoms with E-state index in [9.17, 15) is 9.59 Å². The zero-order chi connectivity index (χ0) is 30.4. The van der Waals surface area contributed by atoms with Gasteiger partial charge in [-0.05, 0) is 73.5 Å². The van der Waals surface area contributed by atoms with E-state index in [4.69, 9.17) is 4.74 Å². The summed E-state index contributed by atoms with van der Waals surface area (Å²) in [5.74, 6) is 0.0554. The molecule has 3 aliphatic rings. The molecule has 3 fully saturated rings. The highest BCUT2D eigenvalue weighted by Crippen LogP contribution is 2.39. The first-order valence-electron chi connectivity index (χ1n) is 16.1. The molecular weight excluding hydrogens is 550 g/mol. The smallest absolute Gasteiger partial charge is 0.411 e. The summed E-state index contributed by atoms with van der Waals surface area (Å²) in [6.45, 7) is 8.78. The maximum atomic E-state index is 13.1. The van der Waals surface area contributed by atoms with Gasteiger partial charge >= 0.3 is 6.09 Å². The molecule has 3 aromatic rings. The number of nitrogens with zero attached hydrogens (tertiary/aromatic N) is 3. The molecule has 2 amide bonds. The van der Waals surface area contributed by atoms with E-state index >= 15 is 0 Å². The molecule has 3 saturated heterocycles. The molecule has 0 radical (unpaired) electrons. The summed E-state index contributed by atoms with van der Waals surface area (Å²) in [6.07, 6.45) is 3.60. The van der Waals surface area contributed by atoms with Gasteiger partial charge in [0, 0.05) is 64.0 Å². The lowest BCUT2D eigenvalue weighted by Gasteiger charge is -2.52. The molecule has 0 saturated carbocycles. The number of likely N-dealkylation sites (tertiary alicyclic amines) is 2. The Kier molecular flexibility index (Phi) is 9.60. The van der Waals surface area contributed by atoms with E-state index in [0.29, 0.717) is 12.0 Å². The van der Waals surface area contributed by atoms with Gasteiger partial charge in [-0.3, -0.25) is 15.0 Å². The molecule has 3 aromatic carbocycles. The summed E-state index contributed by atoms with van der Waals surface area (Å²) >= 11 is 0. The number of likely N-dealkylation sites (N-methyl/N-ethyl adjacent to an activating group) is 1. The number of hydrogen-bond donors (Lipinski definition) is 2. The molecule has 6 rings (SSSR count). The number of carbonyl (C=O) groups excluding carboxylic acids is 2. The SMILES string of the molecule is CN(CCN1CCC(OC(=O)Nc2ccccc2-c2ccccc2)CC1)C(=O)c1ccc(CN2CC3(CCNCC3)C2)cc1. The Labute approximate surface area is 261 Å². The first-order chi connectivity index (χ1) is 21.5. The van der Waals surface area contributed by atoms with Gasteiger partial charge in [-0.25, -0.2) is 4.79 Å². The Morgan fingerprint density at radius 1 is 0.909 bits per heavy atom. The second-order valence-electron chi connectivity index (χ2n) is 12.8. The number of piperidine rings is 2. The van der Waals surface area contributed by atoms with Crippen molar-refractivity contribution in [2.24, 2.45) is 5.41 Å². The van der Waals surface area contributed by atoms with E-state index in [1.165, 1.54) is 31.5 Å². The van der Waals surface area contributed by atoms with Crippen molar-refractivity contribution < 1.29 is 14.3 Å². The Balaban J connectivity index is 0.898. The number of rotatable bonds is 9. The van der Waals surface area contributed by atoms with Crippen LogP contribution in [0.1, 0.15) is 41.6 Å². The fourth-order valence-electron chi connectivity index (χ4n) is 6.91. The van der Waals surface area contributed by atoms with E-state index in [1.807, 2.05) is 78.7 Å². The molecule has 3 aliphatic heterocycles. The standard InChI is InChI=1S/C36H45N5O3/c1-39(34(42)30-13-11-28(12-14-30)25-41-26-36(27-41)17-19-37-20-18-36)23-24-40-21-15-31(16-22-40)44-35(43)38-33-10-6-5-9-32(33)29-7-3-2-4-8-29/h2-14,31,37H,15-27H2,1H3,(H,38,43). The van der Waals surface area contributed by atoms with Crippen LogP contribution in [-0.2, 0) is 11.3 Å². The highest BCUT2D eigenvalue weighted by molar-refractivity contribution is 5.94. The zero-order valence-electron chi connectivity index (χ0n) is 25.8. The molecule has 0 aliphatic carbocycles. The lowest BCUT2D eigenvalue weighted by atomic mass is 9.72. The average Bonchev–Trinajstić information content (AvgIpc) is 3.05. The zero-order valence-corrected chi connectivity index (χ0v) is 25.8. The molecule has 0 atom stereocenters. The molecule has 232 valence electrons. The van der Waals surface area contributed by atoms with E-state index in [0.717, 1.165) is 74.5 Å². The molecule has 44 heavy (non-hydrogen) atoms. The van der Waals surface area contributed by atoms with Crippen LogP contribution < -0.4 is 10.6 Å². The van der Waals surface area contributed by atoms with Crippen LogP contribution >= 0.6 is 0 Å². The van der Waals surface area contributed by atoms with Crippen molar-refractivity contribution in [1.29, 1.82) is 0 Å². The second kappa shape index (κ2) is 13.9. The molecule has 3 heterocycles. The lowest BCUT2D eigenvalue weighted by molar-refractivity contribution is -0.0282. The number of nitrogens with one attached hydrogen (secondary N) is 2. The maximum Gasteiger partial charge on any atom is 0.411 e. The number of benzene rings is 3. The largest absolute Gasteiger partial charge is 0.446 e. The maximum absolute atomic E-state index is 13.1. The molecule has 8 nitrogen and oxygen atoms in total. The molecule has 0 aromatic heterocycles. The minimum Gasteiger partial charge on any atom is -0.446 e. The Morgan fingerprint density at radius 2 is 1.59 bits per heavy atom. The van der Waals surface area contributed by atoms with Crippen molar-refractivity contribution in [3.63, 3.8) is 0 Å². The normalized spacial score (nSPS) is 18.8. The van der Waals surface area contributed by atoms with Crippen molar-refractivity contribution in [3.05, 3.63) is 90.0 Å². The summed E-state index contributed by atoms with van der Waals surface area (Å²) in [5.41, 5.74) is 5.30. The summed E-state index contributed by atoms with van der Waals surface area (Å²) < 4.78 is 5.78. The number of amides is 2. The van der Waals surface area contributed by atoms with Gasteiger partial charge in [0.2, 0.25) is 0 Å². The van der Waals surface area contributed by atoms with E-state index in [-0.39, 0.29) is 12.0 Å². The fourth-order valence-corrected chi connectivity index (χ4v) is 6.91. The van der Waals surface area contributed by atoms with Crippen LogP contribution in [-0.4, -0.2) is 92.2 Å². The van der Waals surface area contributed by atoms with Gasteiger partial charge in [0.15, 0.2) is 0 Å². The van der Waals surface area contributed by atoms with Gasteiger partial charge in [0.25, 0.3) is 5.91 Å². The minimum absolute atomic E-state index is 0.0554. The van der Waals surface area contributed by atoms with Crippen LogP contribution in [0.15, 0.2) is 78.9 Å². The summed E-state index contributed by atoms with van der Waals surface area (Å²) in [7, 11) is 1.88. The van der Waals surface area contributed by atoms with E-state index < -0.39 is 6.09 Å². The van der Waals surface area contributed by atoms with Crippen LogP contribution in [0.4, 0.5) is 10.5 Å². The Morgan fingerprint density at radius 3 is 2.32 bits per heavy atom. The minimum atomic E-state index is -0.418. The van der Waals surface area contributed by atoms with Crippen molar-refractivity contribution in [2.75, 3.05) is 64.7 Å². The van der Waals surface area contributed by atoms with Gasteiger partial charge in [-0.1, -0.05) is 60.7 Å². The van der Waals surface area contributed by atoms with Crippen LogP contribution in [0.5, 0.6) is 0 Å². The quantitative estimate of drug-likeness (QED) is 0.349. The number of carbonyl (C=O) groups is 2. The third kappa shape index (κ3) is 7.49. The molecule has 2 N–H and O–H groups in total. The van der Waals surface area contributed by atoms with Crippen molar-refractivity contribution >= 4 is 17.7 Å². The second-order valence-corrected chi connectivity index (χ2v) is 12.8. The van der Waals surface area contributed by atoms with E-state index in [2.05, 4.69) is 32.6 Å².